The molecule has 194 valence electrons. The van der Waals surface area contributed by atoms with Gasteiger partial charge in [-0.15, -0.1) is 11.3 Å². The Balaban J connectivity index is 1.69. The lowest BCUT2D eigenvalue weighted by Crippen LogP contribution is -2.40. The quantitative estimate of drug-likeness (QED) is 0.287. The van der Waals surface area contributed by atoms with E-state index in [4.69, 9.17) is 0 Å². The molecule has 2 aromatic carbocycles. The molecule has 0 atom stereocenters. The number of halogens is 3. The average molecular weight is 546 g/mol. The summed E-state index contributed by atoms with van der Waals surface area (Å²) in [5, 5.41) is 0. The van der Waals surface area contributed by atoms with Crippen LogP contribution >= 0.6 is 11.3 Å². The SMILES string of the molecule is Cc1cc(-c2ccc(C(F)(F)F)c(C)c2)nc(-c2cccc(-c3ccc(S(=O)(=O)NC(C)(C)C)s3)c2)n1. The van der Waals surface area contributed by atoms with E-state index in [2.05, 4.69) is 14.7 Å². The van der Waals surface area contributed by atoms with Crippen LogP contribution in [0.5, 0.6) is 0 Å². The van der Waals surface area contributed by atoms with Crippen LogP contribution < -0.4 is 4.72 Å². The van der Waals surface area contributed by atoms with Gasteiger partial charge in [-0.25, -0.2) is 23.1 Å². The zero-order chi connectivity index (χ0) is 27.2. The fraction of sp³-hybridized carbons (Fsp3) is 0.259. The van der Waals surface area contributed by atoms with Crippen molar-refractivity contribution in [3.05, 3.63) is 77.5 Å². The Labute approximate surface area is 218 Å². The maximum Gasteiger partial charge on any atom is 0.416 e. The highest BCUT2D eigenvalue weighted by Crippen LogP contribution is 2.35. The van der Waals surface area contributed by atoms with Crippen molar-refractivity contribution >= 4 is 21.4 Å². The maximum absolute atomic E-state index is 13.2. The Kier molecular flexibility index (Phi) is 7.04. The molecule has 2 aromatic heterocycles. The minimum atomic E-state index is -4.42. The van der Waals surface area contributed by atoms with Crippen molar-refractivity contribution in [3.63, 3.8) is 0 Å². The number of alkyl halides is 3. The number of hydrogen-bond donors (Lipinski definition) is 1. The fourth-order valence-corrected chi connectivity index (χ4v) is 6.59. The van der Waals surface area contributed by atoms with E-state index >= 15 is 0 Å². The molecule has 0 bridgehead atoms. The molecule has 5 nitrogen and oxygen atoms in total. The second-order valence-corrected chi connectivity index (χ2v) is 12.8. The van der Waals surface area contributed by atoms with Crippen molar-refractivity contribution in [1.82, 2.24) is 14.7 Å². The molecule has 1 N–H and O–H groups in total. The summed E-state index contributed by atoms with van der Waals surface area (Å²) >= 11 is 1.16. The van der Waals surface area contributed by atoms with Crippen molar-refractivity contribution in [3.8, 4) is 33.1 Å². The van der Waals surface area contributed by atoms with E-state index < -0.39 is 27.3 Å². The standard InChI is InChI=1S/C27H26F3N3O2S2/c1-16-13-18(9-10-21(16)27(28,29)30)22-14-17(2)31-25(32-22)20-8-6-7-19(15-20)23-11-12-24(36-23)37(34,35)33-26(3,4)5/h6-15,33H,1-5H3. The molecule has 2 heterocycles. The van der Waals surface area contributed by atoms with Crippen molar-refractivity contribution in [2.24, 2.45) is 0 Å². The van der Waals surface area contributed by atoms with Crippen molar-refractivity contribution < 1.29 is 21.6 Å². The molecular formula is C27H26F3N3O2S2. The van der Waals surface area contributed by atoms with Gasteiger partial charge in [0.1, 0.15) is 4.21 Å². The Morgan fingerprint density at radius 2 is 1.54 bits per heavy atom. The van der Waals surface area contributed by atoms with Gasteiger partial charge in [-0.05, 0) is 82.1 Å². The van der Waals surface area contributed by atoms with Crippen molar-refractivity contribution in [2.45, 2.75) is 50.5 Å². The highest BCUT2D eigenvalue weighted by Gasteiger charge is 2.32. The summed E-state index contributed by atoms with van der Waals surface area (Å²) in [6, 6.07) is 16.4. The van der Waals surface area contributed by atoms with Crippen LogP contribution in [0.1, 0.15) is 37.6 Å². The molecule has 0 fully saturated rings. The van der Waals surface area contributed by atoms with Crippen LogP contribution in [-0.2, 0) is 16.2 Å². The molecule has 0 aliphatic rings. The number of hydrogen-bond acceptors (Lipinski definition) is 5. The van der Waals surface area contributed by atoms with Gasteiger partial charge in [0.2, 0.25) is 0 Å². The van der Waals surface area contributed by atoms with Crippen LogP contribution in [0.2, 0.25) is 0 Å². The number of nitrogens with one attached hydrogen (secondary N) is 1. The normalized spacial score (nSPS) is 12.6. The Bertz CT molecular complexity index is 1570. The van der Waals surface area contributed by atoms with E-state index in [1.807, 2.05) is 24.3 Å². The minimum absolute atomic E-state index is 0.120. The highest BCUT2D eigenvalue weighted by atomic mass is 32.2. The van der Waals surface area contributed by atoms with E-state index in [9.17, 15) is 21.6 Å². The summed E-state index contributed by atoms with van der Waals surface area (Å²) in [7, 11) is -3.65. The Morgan fingerprint density at radius 1 is 0.838 bits per heavy atom. The number of aryl methyl sites for hydroxylation is 2. The van der Waals surface area contributed by atoms with E-state index in [1.54, 1.807) is 45.9 Å². The van der Waals surface area contributed by atoms with E-state index in [0.29, 0.717) is 28.3 Å². The van der Waals surface area contributed by atoms with Crippen molar-refractivity contribution in [1.29, 1.82) is 0 Å². The summed E-state index contributed by atoms with van der Waals surface area (Å²) in [6.07, 6.45) is -4.42. The summed E-state index contributed by atoms with van der Waals surface area (Å²) in [6.45, 7) is 8.57. The van der Waals surface area contributed by atoms with E-state index in [-0.39, 0.29) is 9.77 Å². The topological polar surface area (TPSA) is 72.0 Å². The summed E-state index contributed by atoms with van der Waals surface area (Å²) in [5.74, 6) is 0.424. The lowest BCUT2D eigenvalue weighted by Gasteiger charge is -2.19. The molecule has 0 aliphatic heterocycles. The summed E-state index contributed by atoms with van der Waals surface area (Å²) < 4.78 is 67.9. The van der Waals surface area contributed by atoms with Gasteiger partial charge in [0.05, 0.1) is 11.3 Å². The summed E-state index contributed by atoms with van der Waals surface area (Å²) in [4.78, 5) is 9.93. The molecular weight excluding hydrogens is 519 g/mol. The number of thiophene rings is 1. The zero-order valence-electron chi connectivity index (χ0n) is 20.9. The Morgan fingerprint density at radius 3 is 2.19 bits per heavy atom. The molecule has 0 radical (unpaired) electrons. The first-order valence-corrected chi connectivity index (χ1v) is 13.7. The third kappa shape index (κ3) is 6.26. The number of rotatable bonds is 5. The average Bonchev–Trinajstić information content (AvgIpc) is 3.28. The first-order valence-electron chi connectivity index (χ1n) is 11.4. The van der Waals surface area contributed by atoms with Gasteiger partial charge < -0.3 is 0 Å². The molecule has 4 rings (SSSR count). The molecule has 0 saturated heterocycles. The lowest BCUT2D eigenvalue weighted by atomic mass is 10.0. The highest BCUT2D eigenvalue weighted by molar-refractivity contribution is 7.91. The number of nitrogens with zero attached hydrogens (tertiary/aromatic N) is 2. The molecule has 0 aliphatic carbocycles. The van der Waals surface area contributed by atoms with Gasteiger partial charge in [0.15, 0.2) is 5.82 Å². The fourth-order valence-electron chi connectivity index (χ4n) is 3.87. The smallest absolute Gasteiger partial charge is 0.233 e. The number of sulfonamides is 1. The first-order chi connectivity index (χ1) is 17.1. The molecule has 10 heteroatoms. The predicted molar refractivity (Wildman–Crippen MR) is 141 cm³/mol. The molecule has 37 heavy (non-hydrogen) atoms. The van der Waals surface area contributed by atoms with Crippen LogP contribution in [-0.4, -0.2) is 23.9 Å². The number of aromatic nitrogens is 2. The van der Waals surface area contributed by atoms with Crippen LogP contribution in [0.3, 0.4) is 0 Å². The zero-order valence-corrected chi connectivity index (χ0v) is 22.6. The third-order valence-corrected chi connectivity index (χ3v) is 8.76. The van der Waals surface area contributed by atoms with Crippen molar-refractivity contribution in [2.75, 3.05) is 0 Å². The summed E-state index contributed by atoms with van der Waals surface area (Å²) in [5.41, 5.74) is 2.10. The largest absolute Gasteiger partial charge is 0.416 e. The van der Waals surface area contributed by atoms with E-state index in [1.165, 1.54) is 19.1 Å². The number of benzene rings is 2. The van der Waals surface area contributed by atoms with Crippen LogP contribution in [0.25, 0.3) is 33.1 Å². The van der Waals surface area contributed by atoms with Gasteiger partial charge in [0.25, 0.3) is 10.0 Å². The first kappa shape index (κ1) is 27.0. The second-order valence-electron chi connectivity index (χ2n) is 9.80. The van der Waals surface area contributed by atoms with Gasteiger partial charge in [0, 0.05) is 27.2 Å². The maximum atomic E-state index is 13.2. The molecule has 0 spiro atoms. The van der Waals surface area contributed by atoms with Crippen LogP contribution in [0.15, 0.2) is 64.9 Å². The van der Waals surface area contributed by atoms with Gasteiger partial charge in [-0.2, -0.15) is 13.2 Å². The third-order valence-electron chi connectivity index (χ3n) is 5.37. The van der Waals surface area contributed by atoms with Gasteiger partial charge >= 0.3 is 6.18 Å². The van der Waals surface area contributed by atoms with E-state index in [0.717, 1.165) is 27.8 Å². The van der Waals surface area contributed by atoms with Crippen LogP contribution in [0.4, 0.5) is 13.2 Å². The monoisotopic (exact) mass is 545 g/mol. The molecule has 0 saturated carbocycles. The lowest BCUT2D eigenvalue weighted by molar-refractivity contribution is -0.138. The van der Waals surface area contributed by atoms with Gasteiger partial charge in [-0.3, -0.25) is 0 Å². The van der Waals surface area contributed by atoms with Crippen LogP contribution in [0, 0.1) is 13.8 Å². The second kappa shape index (κ2) is 9.66. The molecule has 0 unspecified atom stereocenters. The predicted octanol–water partition coefficient (Wildman–Crippen LogP) is 7.25. The minimum Gasteiger partial charge on any atom is -0.233 e. The Hall–Kier alpha value is -3.08. The van der Waals surface area contributed by atoms with Gasteiger partial charge in [-0.1, -0.05) is 24.3 Å². The molecule has 0 amide bonds. The molecule has 4 aromatic rings.